The Labute approximate surface area is 75.7 Å². The van der Waals surface area contributed by atoms with Crippen LogP contribution in [0.2, 0.25) is 0 Å². The summed E-state index contributed by atoms with van der Waals surface area (Å²) in [6, 6.07) is 0. The Hall–Kier alpha value is -0.120. The lowest BCUT2D eigenvalue weighted by Gasteiger charge is -2.43. The molecule has 1 aliphatic heterocycles. The molecule has 1 fully saturated rings. The molecule has 1 rings (SSSR count). The van der Waals surface area contributed by atoms with Gasteiger partial charge in [-0.15, -0.1) is 0 Å². The molecule has 0 unspecified atom stereocenters. The monoisotopic (exact) mass is 171 g/mol. The van der Waals surface area contributed by atoms with Gasteiger partial charge in [0.05, 0.1) is 0 Å². The van der Waals surface area contributed by atoms with Crippen molar-refractivity contribution in [2.24, 2.45) is 0 Å². The molecule has 3 heteroatoms. The van der Waals surface area contributed by atoms with Crippen LogP contribution in [0.5, 0.6) is 0 Å². The van der Waals surface area contributed by atoms with Gasteiger partial charge in [0, 0.05) is 12.6 Å². The lowest BCUT2D eigenvalue weighted by atomic mass is 9.89. The number of nitrogens with zero attached hydrogens (tertiary/aromatic N) is 2. The van der Waals surface area contributed by atoms with Crippen molar-refractivity contribution in [3.63, 3.8) is 0 Å². The fourth-order valence-corrected chi connectivity index (χ4v) is 1.71. The summed E-state index contributed by atoms with van der Waals surface area (Å²) in [5.74, 6) is 0. The van der Waals surface area contributed by atoms with Crippen molar-refractivity contribution in [3.05, 3.63) is 0 Å². The minimum absolute atomic E-state index is 0.348. The van der Waals surface area contributed by atoms with Gasteiger partial charge in [0.15, 0.2) is 0 Å². The first-order chi connectivity index (χ1) is 5.58. The fraction of sp³-hybridized carbons (Fsp3) is 1.00. The summed E-state index contributed by atoms with van der Waals surface area (Å²) in [4.78, 5) is 2.39. The van der Waals surface area contributed by atoms with Gasteiger partial charge in [-0.1, -0.05) is 0 Å². The molecule has 0 saturated carbocycles. The largest absolute Gasteiger partial charge is 0.306 e. The highest BCUT2D eigenvalue weighted by molar-refractivity contribution is 4.87. The minimum Gasteiger partial charge on any atom is -0.306 e. The average Bonchev–Trinajstić information content (AvgIpc) is 2.09. The Morgan fingerprint density at radius 2 is 1.83 bits per heavy atom. The van der Waals surface area contributed by atoms with Gasteiger partial charge in [-0.3, -0.25) is 5.43 Å². The van der Waals surface area contributed by atoms with Crippen molar-refractivity contribution in [1.29, 1.82) is 0 Å². The third-order valence-electron chi connectivity index (χ3n) is 3.21. The van der Waals surface area contributed by atoms with Gasteiger partial charge < -0.3 is 4.90 Å². The first kappa shape index (κ1) is 9.96. The van der Waals surface area contributed by atoms with Gasteiger partial charge in [0.1, 0.15) is 0 Å². The molecule has 0 atom stereocenters. The summed E-state index contributed by atoms with van der Waals surface area (Å²) in [6.45, 7) is 4.75. The summed E-state index contributed by atoms with van der Waals surface area (Å²) in [5, 5.41) is 2.24. The lowest BCUT2D eigenvalue weighted by Crippen LogP contribution is -2.55. The second kappa shape index (κ2) is 3.73. The molecule has 0 spiro atoms. The number of likely N-dealkylation sites (tertiary alicyclic amines) is 1. The normalized spacial score (nSPS) is 24.8. The molecule has 3 nitrogen and oxygen atoms in total. The van der Waals surface area contributed by atoms with E-state index in [0.717, 1.165) is 0 Å². The first-order valence-electron chi connectivity index (χ1n) is 4.68. The second-order valence-corrected chi connectivity index (χ2v) is 4.08. The zero-order valence-electron chi connectivity index (χ0n) is 8.72. The van der Waals surface area contributed by atoms with Crippen molar-refractivity contribution >= 4 is 0 Å². The molecular formula is C9H21N3. The Bertz CT molecular complexity index is 139. The highest BCUT2D eigenvalue weighted by Gasteiger charge is 2.31. The van der Waals surface area contributed by atoms with Gasteiger partial charge in [0.25, 0.3) is 0 Å². The Balaban J connectivity index is 2.49. The number of hydrogen-bond acceptors (Lipinski definition) is 3. The van der Waals surface area contributed by atoms with Crippen LogP contribution >= 0.6 is 0 Å². The highest BCUT2D eigenvalue weighted by atomic mass is 15.5. The molecule has 1 saturated heterocycles. The van der Waals surface area contributed by atoms with Crippen LogP contribution in [0, 0.1) is 0 Å². The molecule has 0 aromatic heterocycles. The second-order valence-electron chi connectivity index (χ2n) is 4.08. The zero-order chi connectivity index (χ0) is 9.19. The van der Waals surface area contributed by atoms with Crippen LogP contribution in [-0.2, 0) is 0 Å². The van der Waals surface area contributed by atoms with E-state index < -0.39 is 0 Å². The van der Waals surface area contributed by atoms with Crippen LogP contribution in [-0.4, -0.2) is 49.7 Å². The Kier molecular flexibility index (Phi) is 3.09. The van der Waals surface area contributed by atoms with Crippen LogP contribution in [0.25, 0.3) is 0 Å². The molecule has 12 heavy (non-hydrogen) atoms. The SMILES string of the molecule is CNN(C)C1(C)CCN(C)CC1. The summed E-state index contributed by atoms with van der Waals surface area (Å²) in [6.07, 6.45) is 2.50. The molecule has 0 amide bonds. The van der Waals surface area contributed by atoms with Gasteiger partial charge in [-0.2, -0.15) is 0 Å². The number of rotatable bonds is 2. The van der Waals surface area contributed by atoms with E-state index in [2.05, 4.69) is 36.4 Å². The summed E-state index contributed by atoms with van der Waals surface area (Å²) < 4.78 is 0. The summed E-state index contributed by atoms with van der Waals surface area (Å²) >= 11 is 0. The molecule has 0 bridgehead atoms. The van der Waals surface area contributed by atoms with E-state index in [0.29, 0.717) is 5.54 Å². The van der Waals surface area contributed by atoms with Crippen LogP contribution in [0.3, 0.4) is 0 Å². The van der Waals surface area contributed by atoms with Gasteiger partial charge >= 0.3 is 0 Å². The van der Waals surface area contributed by atoms with E-state index in [1.54, 1.807) is 0 Å². The van der Waals surface area contributed by atoms with E-state index >= 15 is 0 Å². The molecule has 0 aliphatic carbocycles. The van der Waals surface area contributed by atoms with E-state index in [1.165, 1.54) is 25.9 Å². The maximum absolute atomic E-state index is 3.20. The predicted octanol–water partition coefficient (Wildman–Crippen LogP) is 0.537. The van der Waals surface area contributed by atoms with E-state index in [9.17, 15) is 0 Å². The maximum Gasteiger partial charge on any atom is 0.0347 e. The Morgan fingerprint density at radius 3 is 2.25 bits per heavy atom. The van der Waals surface area contributed by atoms with Crippen molar-refractivity contribution in [2.75, 3.05) is 34.2 Å². The predicted molar refractivity (Wildman–Crippen MR) is 52.0 cm³/mol. The maximum atomic E-state index is 3.20. The molecule has 1 heterocycles. The van der Waals surface area contributed by atoms with Gasteiger partial charge in [-0.25, -0.2) is 5.01 Å². The minimum atomic E-state index is 0.348. The van der Waals surface area contributed by atoms with E-state index in [4.69, 9.17) is 0 Å². The first-order valence-corrected chi connectivity index (χ1v) is 4.68. The molecule has 0 radical (unpaired) electrons. The molecule has 72 valence electrons. The lowest BCUT2D eigenvalue weighted by molar-refractivity contribution is 0.0310. The number of nitrogens with one attached hydrogen (secondary N) is 1. The van der Waals surface area contributed by atoms with Crippen LogP contribution in [0.4, 0.5) is 0 Å². The van der Waals surface area contributed by atoms with Crippen LogP contribution in [0.15, 0.2) is 0 Å². The number of hydrazine groups is 1. The van der Waals surface area contributed by atoms with E-state index in [-0.39, 0.29) is 0 Å². The summed E-state index contributed by atoms with van der Waals surface area (Å²) in [5.41, 5.74) is 3.55. The number of hydrogen-bond donors (Lipinski definition) is 1. The quantitative estimate of drug-likeness (QED) is 0.612. The number of piperidine rings is 1. The average molecular weight is 171 g/mol. The smallest absolute Gasteiger partial charge is 0.0347 e. The van der Waals surface area contributed by atoms with Crippen LogP contribution in [0.1, 0.15) is 19.8 Å². The molecule has 0 aromatic rings. The third-order valence-corrected chi connectivity index (χ3v) is 3.21. The van der Waals surface area contributed by atoms with Crippen molar-refractivity contribution in [2.45, 2.75) is 25.3 Å². The third kappa shape index (κ3) is 1.97. The fourth-order valence-electron chi connectivity index (χ4n) is 1.71. The van der Waals surface area contributed by atoms with Crippen LogP contribution < -0.4 is 5.43 Å². The van der Waals surface area contributed by atoms with Crippen molar-refractivity contribution in [3.8, 4) is 0 Å². The molecule has 1 N–H and O–H groups in total. The molecule has 1 aliphatic rings. The zero-order valence-corrected chi connectivity index (χ0v) is 8.72. The standard InChI is InChI=1S/C9H21N3/c1-9(12(4)10-2)5-7-11(3)8-6-9/h10H,5-8H2,1-4H3. The summed E-state index contributed by atoms with van der Waals surface area (Å²) in [7, 11) is 6.31. The molecule has 0 aromatic carbocycles. The van der Waals surface area contributed by atoms with E-state index in [1.807, 2.05) is 7.05 Å². The van der Waals surface area contributed by atoms with Crippen molar-refractivity contribution in [1.82, 2.24) is 15.3 Å². The topological polar surface area (TPSA) is 18.5 Å². The highest BCUT2D eigenvalue weighted by Crippen LogP contribution is 2.24. The molecular weight excluding hydrogens is 150 g/mol. The van der Waals surface area contributed by atoms with Gasteiger partial charge in [-0.05, 0) is 47.0 Å². The van der Waals surface area contributed by atoms with Crippen molar-refractivity contribution < 1.29 is 0 Å². The Morgan fingerprint density at radius 1 is 1.33 bits per heavy atom. The van der Waals surface area contributed by atoms with Gasteiger partial charge in [0.2, 0.25) is 0 Å².